The van der Waals surface area contributed by atoms with Gasteiger partial charge in [0.25, 0.3) is 0 Å². The molecular formula is C11H25KO12. The van der Waals surface area contributed by atoms with Gasteiger partial charge in [0.15, 0.2) is 6.10 Å². The quantitative estimate of drug-likeness (QED) is 0.227. The number of rotatable bonds is 3. The van der Waals surface area contributed by atoms with Crippen LogP contribution in [-0.4, -0.2) is 103 Å². The molecule has 1 heterocycles. The van der Waals surface area contributed by atoms with Crippen LogP contribution in [0.1, 0.15) is 0 Å². The van der Waals surface area contributed by atoms with Gasteiger partial charge in [-0.1, -0.05) is 0 Å². The van der Waals surface area contributed by atoms with Crippen LogP contribution in [0.25, 0.3) is 0 Å². The molecule has 1 unspecified atom stereocenters. The molecular weight excluding hydrogens is 363 g/mol. The molecule has 0 aromatic heterocycles. The molecule has 0 radical (unpaired) electrons. The van der Waals surface area contributed by atoms with Gasteiger partial charge in [0.1, 0.15) is 12.7 Å². The maximum Gasteiger partial charge on any atom is 1.00 e. The molecule has 12 nitrogen and oxygen atoms in total. The van der Waals surface area contributed by atoms with Gasteiger partial charge in [0.05, 0.1) is 34.0 Å². The second kappa shape index (κ2) is 27.8. The molecule has 1 saturated heterocycles. The third kappa shape index (κ3) is 26.8. The number of aliphatic hydroxyl groups is 5. The van der Waals surface area contributed by atoms with E-state index >= 15 is 0 Å². The van der Waals surface area contributed by atoms with Crippen molar-refractivity contribution in [1.29, 1.82) is 0 Å². The first-order valence-electron chi connectivity index (χ1n) is 5.85. The van der Waals surface area contributed by atoms with Gasteiger partial charge in [-0.15, -0.1) is 0 Å². The average Bonchev–Trinajstić information content (AvgIpc) is 3.01. The molecule has 0 spiro atoms. The van der Waals surface area contributed by atoms with E-state index in [2.05, 4.69) is 18.9 Å². The summed E-state index contributed by atoms with van der Waals surface area (Å²) in [6, 6.07) is 0. The largest absolute Gasteiger partial charge is 1.00 e. The molecule has 0 saturated carbocycles. The summed E-state index contributed by atoms with van der Waals surface area (Å²) in [7, 11) is 3.51. The van der Waals surface area contributed by atoms with E-state index in [0.717, 1.165) is 7.11 Å². The zero-order chi connectivity index (χ0) is 18.0. The minimum absolute atomic E-state index is 0. The van der Waals surface area contributed by atoms with Crippen molar-refractivity contribution in [3.05, 3.63) is 0 Å². The van der Waals surface area contributed by atoms with Crippen molar-refractivity contribution in [3.63, 3.8) is 0 Å². The second-order valence-corrected chi connectivity index (χ2v) is 3.16. The Balaban J connectivity index is -0.0000000697. The van der Waals surface area contributed by atoms with Gasteiger partial charge in [0.2, 0.25) is 0 Å². The van der Waals surface area contributed by atoms with E-state index in [-0.39, 0.29) is 83.3 Å². The number of hydrogen-bond acceptors (Lipinski definition) is 12. The summed E-state index contributed by atoms with van der Waals surface area (Å²) < 4.78 is 16.8. The molecule has 1 aliphatic rings. The molecule has 1 fully saturated rings. The van der Waals surface area contributed by atoms with E-state index in [9.17, 15) is 9.59 Å². The molecule has 0 aliphatic carbocycles. The van der Waals surface area contributed by atoms with Crippen LogP contribution < -0.4 is 51.4 Å². The van der Waals surface area contributed by atoms with Gasteiger partial charge < -0.3 is 50.0 Å². The number of aliphatic hydroxyl groups excluding tert-OH is 5. The van der Waals surface area contributed by atoms with Crippen molar-refractivity contribution in [2.75, 3.05) is 47.8 Å². The van der Waals surface area contributed by atoms with Crippen LogP contribution in [0.15, 0.2) is 0 Å². The minimum Gasteiger partial charge on any atom is -0.870 e. The third-order valence-corrected chi connectivity index (χ3v) is 1.61. The SMILES string of the molecule is CO.COC(=O)OC.O=C1OCC(CO)O1.OCC(O)CO.[K+].[OH-]. The number of hydrogen-bond donors (Lipinski definition) is 5. The molecule has 24 heavy (non-hydrogen) atoms. The number of methoxy groups -OCH3 is 2. The molecule has 1 rings (SSSR count). The molecule has 1 aliphatic heterocycles. The van der Waals surface area contributed by atoms with E-state index in [1.807, 2.05) is 0 Å². The monoisotopic (exact) mass is 388 g/mol. The number of ether oxygens (including phenoxy) is 4. The Morgan fingerprint density at radius 3 is 1.71 bits per heavy atom. The van der Waals surface area contributed by atoms with Gasteiger partial charge in [-0.2, -0.15) is 0 Å². The topological polar surface area (TPSA) is 202 Å². The van der Waals surface area contributed by atoms with E-state index in [0.29, 0.717) is 0 Å². The third-order valence-electron chi connectivity index (χ3n) is 1.61. The van der Waals surface area contributed by atoms with E-state index in [4.69, 9.17) is 25.5 Å². The summed E-state index contributed by atoms with van der Waals surface area (Å²) in [5.41, 5.74) is 0. The van der Waals surface area contributed by atoms with Crippen LogP contribution in [0.3, 0.4) is 0 Å². The number of carbonyl (C=O) groups excluding carboxylic acids is 2. The van der Waals surface area contributed by atoms with Crippen LogP contribution in [0.4, 0.5) is 9.59 Å². The van der Waals surface area contributed by atoms with Crippen LogP contribution in [-0.2, 0) is 18.9 Å². The van der Waals surface area contributed by atoms with Crippen molar-refractivity contribution >= 4 is 12.3 Å². The van der Waals surface area contributed by atoms with Crippen molar-refractivity contribution in [2.45, 2.75) is 12.2 Å². The van der Waals surface area contributed by atoms with Gasteiger partial charge >= 0.3 is 63.7 Å². The van der Waals surface area contributed by atoms with E-state index in [1.165, 1.54) is 14.2 Å². The Bertz CT molecular complexity index is 255. The zero-order valence-corrected chi connectivity index (χ0v) is 17.2. The first-order chi connectivity index (χ1) is 10.4. The first kappa shape index (κ1) is 35.1. The Labute approximate surface area is 182 Å². The molecule has 0 amide bonds. The van der Waals surface area contributed by atoms with Crippen LogP contribution >= 0.6 is 0 Å². The van der Waals surface area contributed by atoms with Crippen molar-refractivity contribution in [1.82, 2.24) is 0 Å². The van der Waals surface area contributed by atoms with Crippen LogP contribution in [0.5, 0.6) is 0 Å². The Morgan fingerprint density at radius 1 is 1.21 bits per heavy atom. The maximum absolute atomic E-state index is 10.1. The van der Waals surface area contributed by atoms with Gasteiger partial charge in [-0.05, 0) is 0 Å². The Morgan fingerprint density at radius 2 is 1.62 bits per heavy atom. The summed E-state index contributed by atoms with van der Waals surface area (Å²) in [6.07, 6.45) is -2.74. The fourth-order valence-electron chi connectivity index (χ4n) is 0.596. The van der Waals surface area contributed by atoms with Gasteiger partial charge in [-0.3, -0.25) is 0 Å². The van der Waals surface area contributed by atoms with Crippen LogP contribution in [0.2, 0.25) is 0 Å². The summed E-state index contributed by atoms with van der Waals surface area (Å²) in [4.78, 5) is 19.8. The first-order valence-corrected chi connectivity index (χ1v) is 5.85. The fourth-order valence-corrected chi connectivity index (χ4v) is 0.596. The van der Waals surface area contributed by atoms with Crippen molar-refractivity contribution < 1.29 is 111 Å². The summed E-state index contributed by atoms with van der Waals surface area (Å²) in [6.45, 7) is -0.714. The molecule has 0 aromatic carbocycles. The predicted octanol–water partition coefficient (Wildman–Crippen LogP) is -5.32. The van der Waals surface area contributed by atoms with Crippen LogP contribution in [0, 0.1) is 0 Å². The average molecular weight is 388 g/mol. The summed E-state index contributed by atoms with van der Waals surface area (Å²) in [5, 5.41) is 39.3. The Kier molecular flexibility index (Phi) is 40.6. The maximum atomic E-state index is 10.1. The second-order valence-electron chi connectivity index (χ2n) is 3.16. The summed E-state index contributed by atoms with van der Waals surface area (Å²) >= 11 is 0. The molecule has 6 N–H and O–H groups in total. The standard InChI is InChI=1S/C4H6O4.C3H6O3.C3H8O3.CH4O.K.H2O/c5-1-3-2-7-4(6)8-3;1-5-3(4)6-2;4-1-3(6)2-5;1-2;;/h3,5H,1-2H2;1-2H3;3-6H,1-2H2;2H,1H3;;1H2/q;;;;+1;/p-1. The van der Waals surface area contributed by atoms with E-state index in [1.54, 1.807) is 0 Å². The van der Waals surface area contributed by atoms with E-state index < -0.39 is 24.5 Å². The Hall–Kier alpha value is -0.0636. The number of cyclic esters (lactones) is 2. The number of carbonyl (C=O) groups is 2. The molecule has 13 heteroatoms. The molecule has 1 atom stereocenters. The van der Waals surface area contributed by atoms with Gasteiger partial charge in [-0.25, -0.2) is 9.59 Å². The van der Waals surface area contributed by atoms with Crippen molar-refractivity contribution in [3.8, 4) is 0 Å². The summed E-state index contributed by atoms with van der Waals surface area (Å²) in [5.74, 6) is 0. The fraction of sp³-hybridized carbons (Fsp3) is 0.818. The smallest absolute Gasteiger partial charge is 0.870 e. The minimum atomic E-state index is -0.954. The normalized spacial score (nSPS) is 13.5. The molecule has 142 valence electrons. The van der Waals surface area contributed by atoms with Crippen molar-refractivity contribution in [2.24, 2.45) is 0 Å². The molecule has 0 bridgehead atoms. The zero-order valence-electron chi connectivity index (χ0n) is 14.1. The van der Waals surface area contributed by atoms with Gasteiger partial charge in [0, 0.05) is 7.11 Å². The molecule has 0 aromatic rings. The predicted molar refractivity (Wildman–Crippen MR) is 73.0 cm³/mol.